The van der Waals surface area contributed by atoms with Gasteiger partial charge in [0, 0.05) is 30.5 Å². The lowest BCUT2D eigenvalue weighted by Crippen LogP contribution is -2.31. The van der Waals surface area contributed by atoms with E-state index in [2.05, 4.69) is 68.4 Å². The molecule has 1 aliphatic heterocycles. The number of nitrogens with zero attached hydrogens (tertiary/aromatic N) is 7. The first kappa shape index (κ1) is 17.9. The quantitative estimate of drug-likeness (QED) is 0.734. The maximum atomic E-state index is 8.78. The summed E-state index contributed by atoms with van der Waals surface area (Å²) in [7, 11) is 4.29. The molecule has 1 atom stereocenters. The Bertz CT molecular complexity index is 969. The van der Waals surface area contributed by atoms with E-state index in [0.29, 0.717) is 17.7 Å². The number of nitrogens with one attached hydrogen (secondary N) is 1. The SMILES string of the molecule is CN(C)C1CCN(c2ccc(-n3cnc(Nc4cnc(C#N)cn4)c3)cc2)C1. The zero-order chi connectivity index (χ0) is 19.5. The molecular formula is C20H22N8. The Balaban J connectivity index is 1.43. The largest absolute Gasteiger partial charge is 0.370 e. The van der Waals surface area contributed by atoms with Gasteiger partial charge in [-0.05, 0) is 44.8 Å². The van der Waals surface area contributed by atoms with Crippen LogP contribution < -0.4 is 10.2 Å². The lowest BCUT2D eigenvalue weighted by Gasteiger charge is -2.22. The Labute approximate surface area is 164 Å². The van der Waals surface area contributed by atoms with Gasteiger partial charge in [-0.25, -0.2) is 15.0 Å². The van der Waals surface area contributed by atoms with Gasteiger partial charge in [-0.3, -0.25) is 0 Å². The topological polar surface area (TPSA) is 85.9 Å². The molecule has 8 heteroatoms. The zero-order valence-electron chi connectivity index (χ0n) is 15.9. The molecule has 0 spiro atoms. The fourth-order valence-electron chi connectivity index (χ4n) is 3.34. The van der Waals surface area contributed by atoms with Gasteiger partial charge in [0.1, 0.15) is 24.0 Å². The van der Waals surface area contributed by atoms with Crippen LogP contribution in [0.4, 0.5) is 17.3 Å². The van der Waals surface area contributed by atoms with E-state index in [1.807, 2.05) is 16.8 Å². The lowest BCUT2D eigenvalue weighted by atomic mass is 10.2. The minimum Gasteiger partial charge on any atom is -0.370 e. The summed E-state index contributed by atoms with van der Waals surface area (Å²) in [5.74, 6) is 1.21. The van der Waals surface area contributed by atoms with Gasteiger partial charge in [0.15, 0.2) is 5.69 Å². The average Bonchev–Trinajstić information content (AvgIpc) is 3.39. The van der Waals surface area contributed by atoms with Crippen LogP contribution in [0.5, 0.6) is 0 Å². The fraction of sp³-hybridized carbons (Fsp3) is 0.300. The van der Waals surface area contributed by atoms with Gasteiger partial charge in [0.05, 0.1) is 18.6 Å². The van der Waals surface area contributed by atoms with E-state index in [-0.39, 0.29) is 5.69 Å². The molecule has 0 amide bonds. The third kappa shape index (κ3) is 3.80. The predicted octanol–water partition coefficient (Wildman–Crippen LogP) is 2.42. The highest BCUT2D eigenvalue weighted by Gasteiger charge is 2.23. The van der Waals surface area contributed by atoms with Crippen LogP contribution in [0, 0.1) is 11.3 Å². The molecule has 3 heterocycles. The van der Waals surface area contributed by atoms with Crippen LogP contribution in [-0.4, -0.2) is 57.6 Å². The highest BCUT2D eigenvalue weighted by molar-refractivity contribution is 5.54. The summed E-state index contributed by atoms with van der Waals surface area (Å²) in [6.45, 7) is 2.16. The minimum absolute atomic E-state index is 0.283. The summed E-state index contributed by atoms with van der Waals surface area (Å²) >= 11 is 0. The van der Waals surface area contributed by atoms with E-state index in [1.54, 1.807) is 6.33 Å². The van der Waals surface area contributed by atoms with Gasteiger partial charge in [-0.15, -0.1) is 0 Å². The number of aromatic nitrogens is 4. The Morgan fingerprint density at radius 3 is 2.50 bits per heavy atom. The van der Waals surface area contributed by atoms with Crippen molar-refractivity contribution in [2.45, 2.75) is 12.5 Å². The van der Waals surface area contributed by atoms with E-state index in [0.717, 1.165) is 18.8 Å². The molecule has 1 saturated heterocycles. The lowest BCUT2D eigenvalue weighted by molar-refractivity contribution is 0.315. The summed E-state index contributed by atoms with van der Waals surface area (Å²) in [5, 5.41) is 11.9. The number of nitriles is 1. The van der Waals surface area contributed by atoms with Crippen molar-refractivity contribution in [3.8, 4) is 11.8 Å². The predicted molar refractivity (Wildman–Crippen MR) is 108 cm³/mol. The Hall–Kier alpha value is -3.44. The monoisotopic (exact) mass is 374 g/mol. The molecule has 2 aromatic heterocycles. The van der Waals surface area contributed by atoms with Gasteiger partial charge >= 0.3 is 0 Å². The van der Waals surface area contributed by atoms with Gasteiger partial charge in [-0.1, -0.05) is 0 Å². The number of imidazole rings is 1. The molecule has 142 valence electrons. The fourth-order valence-corrected chi connectivity index (χ4v) is 3.34. The summed E-state index contributed by atoms with van der Waals surface area (Å²) in [6, 6.07) is 11.1. The summed E-state index contributed by atoms with van der Waals surface area (Å²) in [4.78, 5) is 17.2. The highest BCUT2D eigenvalue weighted by Crippen LogP contribution is 2.24. The normalized spacial score (nSPS) is 16.4. The molecule has 1 aliphatic rings. The van der Waals surface area contributed by atoms with Crippen LogP contribution in [0.3, 0.4) is 0 Å². The van der Waals surface area contributed by atoms with Crippen molar-refractivity contribution in [2.24, 2.45) is 0 Å². The van der Waals surface area contributed by atoms with Crippen LogP contribution in [0.2, 0.25) is 0 Å². The van der Waals surface area contributed by atoms with E-state index >= 15 is 0 Å². The smallest absolute Gasteiger partial charge is 0.158 e. The zero-order valence-corrected chi connectivity index (χ0v) is 15.9. The molecule has 0 aliphatic carbocycles. The number of hydrogen-bond donors (Lipinski definition) is 1. The summed E-state index contributed by atoms with van der Waals surface area (Å²) in [6.07, 6.45) is 7.80. The van der Waals surface area contributed by atoms with Crippen LogP contribution in [0.15, 0.2) is 49.2 Å². The maximum absolute atomic E-state index is 8.78. The molecule has 3 aromatic rings. The molecular weight excluding hydrogens is 352 g/mol. The molecule has 4 rings (SSSR count). The summed E-state index contributed by atoms with van der Waals surface area (Å²) in [5.41, 5.74) is 2.57. The third-order valence-corrected chi connectivity index (χ3v) is 5.01. The molecule has 1 aromatic carbocycles. The van der Waals surface area contributed by atoms with E-state index in [4.69, 9.17) is 5.26 Å². The average molecular weight is 374 g/mol. The molecule has 28 heavy (non-hydrogen) atoms. The Morgan fingerprint density at radius 2 is 1.86 bits per heavy atom. The van der Waals surface area contributed by atoms with Gasteiger partial charge in [-0.2, -0.15) is 5.26 Å². The molecule has 0 saturated carbocycles. The van der Waals surface area contributed by atoms with Crippen molar-refractivity contribution in [3.05, 3.63) is 54.9 Å². The van der Waals surface area contributed by atoms with Crippen molar-refractivity contribution < 1.29 is 0 Å². The van der Waals surface area contributed by atoms with Crippen molar-refractivity contribution in [1.29, 1.82) is 5.26 Å². The van der Waals surface area contributed by atoms with E-state index < -0.39 is 0 Å². The number of hydrogen-bond acceptors (Lipinski definition) is 7. The number of likely N-dealkylation sites (N-methyl/N-ethyl adjacent to an activating group) is 1. The molecule has 0 radical (unpaired) electrons. The second-order valence-electron chi connectivity index (χ2n) is 7.06. The van der Waals surface area contributed by atoms with Crippen LogP contribution >= 0.6 is 0 Å². The minimum atomic E-state index is 0.283. The van der Waals surface area contributed by atoms with Crippen molar-refractivity contribution in [1.82, 2.24) is 24.4 Å². The second kappa shape index (κ2) is 7.66. The van der Waals surface area contributed by atoms with Crippen molar-refractivity contribution >= 4 is 17.3 Å². The van der Waals surface area contributed by atoms with Crippen molar-refractivity contribution in [2.75, 3.05) is 37.4 Å². The molecule has 1 N–H and O–H groups in total. The third-order valence-electron chi connectivity index (χ3n) is 5.01. The standard InChI is InChI=1S/C20H22N8/c1-26(2)18-7-8-27(12-18)16-3-5-17(6-4-16)28-13-20(24-14-28)25-19-11-22-15(9-21)10-23-19/h3-6,10-11,13-14,18H,7-8,12H2,1-2H3,(H,23,25). The molecule has 1 unspecified atom stereocenters. The number of rotatable bonds is 5. The van der Waals surface area contributed by atoms with E-state index in [1.165, 1.54) is 24.5 Å². The first-order chi connectivity index (χ1) is 13.6. The molecule has 8 nitrogen and oxygen atoms in total. The highest BCUT2D eigenvalue weighted by atomic mass is 15.2. The van der Waals surface area contributed by atoms with E-state index in [9.17, 15) is 0 Å². The molecule has 1 fully saturated rings. The Kier molecular flexibility index (Phi) is 4.91. The van der Waals surface area contributed by atoms with Gasteiger partial charge < -0.3 is 19.7 Å². The van der Waals surface area contributed by atoms with Crippen LogP contribution in [-0.2, 0) is 0 Å². The molecule has 0 bridgehead atoms. The Morgan fingerprint density at radius 1 is 1.07 bits per heavy atom. The van der Waals surface area contributed by atoms with Crippen LogP contribution in [0.1, 0.15) is 12.1 Å². The first-order valence-corrected chi connectivity index (χ1v) is 9.17. The van der Waals surface area contributed by atoms with Crippen LogP contribution in [0.25, 0.3) is 5.69 Å². The van der Waals surface area contributed by atoms with Gasteiger partial charge in [0.25, 0.3) is 0 Å². The second-order valence-corrected chi connectivity index (χ2v) is 7.06. The van der Waals surface area contributed by atoms with Gasteiger partial charge in [0.2, 0.25) is 0 Å². The number of anilines is 3. The number of benzene rings is 1. The van der Waals surface area contributed by atoms with Crippen molar-refractivity contribution in [3.63, 3.8) is 0 Å². The maximum Gasteiger partial charge on any atom is 0.158 e. The summed E-state index contributed by atoms with van der Waals surface area (Å²) < 4.78 is 1.95. The first-order valence-electron chi connectivity index (χ1n) is 9.17.